The molecule has 5 nitrogen and oxygen atoms in total. The highest BCUT2D eigenvalue weighted by atomic mass is 35.5. The van der Waals surface area contributed by atoms with Crippen molar-refractivity contribution in [2.45, 2.75) is 39.0 Å². The van der Waals surface area contributed by atoms with Gasteiger partial charge in [0.05, 0.1) is 6.33 Å². The molecule has 3 rings (SSSR count). The van der Waals surface area contributed by atoms with E-state index in [1.165, 1.54) is 32.1 Å². The Labute approximate surface area is 123 Å². The van der Waals surface area contributed by atoms with Crippen molar-refractivity contribution in [1.29, 1.82) is 0 Å². The van der Waals surface area contributed by atoms with Gasteiger partial charge in [-0.1, -0.05) is 32.6 Å². The maximum Gasteiger partial charge on any atom is 0.226 e. The summed E-state index contributed by atoms with van der Waals surface area (Å²) in [7, 11) is 0. The summed E-state index contributed by atoms with van der Waals surface area (Å²) < 4.78 is 0. The number of halogens is 1. The third-order valence-corrected chi connectivity index (χ3v) is 4.41. The predicted molar refractivity (Wildman–Crippen MR) is 80.9 cm³/mol. The maximum atomic E-state index is 5.91. The minimum atomic E-state index is 0.235. The molecule has 108 valence electrons. The quantitative estimate of drug-likeness (QED) is 0.845. The van der Waals surface area contributed by atoms with Crippen LogP contribution in [0.2, 0.25) is 5.28 Å². The number of hydrogen-bond acceptors (Lipinski definition) is 4. The van der Waals surface area contributed by atoms with Gasteiger partial charge in [-0.05, 0) is 29.9 Å². The van der Waals surface area contributed by atoms with Crippen LogP contribution in [-0.4, -0.2) is 26.5 Å². The van der Waals surface area contributed by atoms with E-state index in [4.69, 9.17) is 11.6 Å². The number of imidazole rings is 1. The minimum absolute atomic E-state index is 0.235. The number of rotatable bonds is 4. The lowest BCUT2D eigenvalue weighted by Gasteiger charge is -2.26. The van der Waals surface area contributed by atoms with Crippen LogP contribution in [0.1, 0.15) is 39.0 Å². The van der Waals surface area contributed by atoms with Crippen LogP contribution in [0.3, 0.4) is 0 Å². The first-order valence-corrected chi connectivity index (χ1v) is 7.70. The second-order valence-corrected chi connectivity index (χ2v) is 6.12. The van der Waals surface area contributed by atoms with Gasteiger partial charge in [0.25, 0.3) is 0 Å². The van der Waals surface area contributed by atoms with E-state index in [2.05, 4.69) is 32.2 Å². The van der Waals surface area contributed by atoms with E-state index < -0.39 is 0 Å². The van der Waals surface area contributed by atoms with Crippen molar-refractivity contribution in [1.82, 2.24) is 19.9 Å². The van der Waals surface area contributed by atoms with Gasteiger partial charge in [0.2, 0.25) is 5.28 Å². The lowest BCUT2D eigenvalue weighted by molar-refractivity contribution is 0.282. The largest absolute Gasteiger partial charge is 0.368 e. The minimum Gasteiger partial charge on any atom is -0.368 e. The maximum absolute atomic E-state index is 5.91. The van der Waals surface area contributed by atoms with Gasteiger partial charge in [0, 0.05) is 6.54 Å². The van der Waals surface area contributed by atoms with Gasteiger partial charge in [-0.2, -0.15) is 9.97 Å². The normalized spacial score (nSPS) is 23.1. The molecular formula is C14H20ClN5. The zero-order valence-electron chi connectivity index (χ0n) is 11.7. The fraction of sp³-hybridized carbons (Fsp3) is 0.643. The number of nitrogens with zero attached hydrogens (tertiary/aromatic N) is 3. The molecule has 2 aromatic heterocycles. The Kier molecular flexibility index (Phi) is 4.05. The molecule has 0 unspecified atom stereocenters. The van der Waals surface area contributed by atoms with Crippen LogP contribution >= 0.6 is 11.6 Å². The molecule has 0 aliphatic heterocycles. The molecule has 6 heteroatoms. The summed E-state index contributed by atoms with van der Waals surface area (Å²) in [6.45, 7) is 3.27. The van der Waals surface area contributed by atoms with Gasteiger partial charge < -0.3 is 10.3 Å². The second-order valence-electron chi connectivity index (χ2n) is 5.78. The Morgan fingerprint density at radius 1 is 1.30 bits per heavy atom. The van der Waals surface area contributed by atoms with Crippen molar-refractivity contribution in [2.75, 3.05) is 11.9 Å². The third kappa shape index (κ3) is 3.03. The van der Waals surface area contributed by atoms with E-state index in [0.717, 1.165) is 29.7 Å². The Morgan fingerprint density at radius 3 is 2.90 bits per heavy atom. The standard InChI is InChI=1S/C14H20ClN5/c1-9-2-4-10(5-3-9)6-7-16-12-11-13(18-8-17-11)20-14(15)19-12/h8-10H,2-7H2,1H3,(H2,16,17,18,19,20). The Balaban J connectivity index is 1.58. The Bertz CT molecular complexity index is 574. The van der Waals surface area contributed by atoms with Gasteiger partial charge in [-0.15, -0.1) is 0 Å². The van der Waals surface area contributed by atoms with E-state index in [9.17, 15) is 0 Å². The molecule has 1 aliphatic carbocycles. The van der Waals surface area contributed by atoms with E-state index in [0.29, 0.717) is 5.65 Å². The van der Waals surface area contributed by atoms with Gasteiger partial charge >= 0.3 is 0 Å². The van der Waals surface area contributed by atoms with Crippen LogP contribution in [0.5, 0.6) is 0 Å². The third-order valence-electron chi connectivity index (χ3n) is 4.24. The number of aromatic amines is 1. The summed E-state index contributed by atoms with van der Waals surface area (Å²) in [5.41, 5.74) is 1.44. The number of fused-ring (bicyclic) bond motifs is 1. The molecule has 0 bridgehead atoms. The molecule has 1 aliphatic rings. The molecule has 2 heterocycles. The highest BCUT2D eigenvalue weighted by Crippen LogP contribution is 2.30. The first-order chi connectivity index (χ1) is 9.72. The molecule has 2 aromatic rings. The molecule has 2 N–H and O–H groups in total. The topological polar surface area (TPSA) is 66.5 Å². The average molecular weight is 294 g/mol. The number of aromatic nitrogens is 4. The monoisotopic (exact) mass is 293 g/mol. The first kappa shape index (κ1) is 13.6. The van der Waals surface area contributed by atoms with Crippen LogP contribution in [0.25, 0.3) is 11.2 Å². The first-order valence-electron chi connectivity index (χ1n) is 7.33. The smallest absolute Gasteiger partial charge is 0.226 e. The van der Waals surface area contributed by atoms with Gasteiger partial charge in [0.1, 0.15) is 5.52 Å². The number of anilines is 1. The molecule has 0 saturated heterocycles. The summed E-state index contributed by atoms with van der Waals surface area (Å²) >= 11 is 5.91. The Morgan fingerprint density at radius 2 is 2.10 bits per heavy atom. The summed E-state index contributed by atoms with van der Waals surface area (Å²) in [5, 5.41) is 3.60. The van der Waals surface area contributed by atoms with Crippen molar-refractivity contribution >= 4 is 28.6 Å². The Hall–Kier alpha value is -1.36. The average Bonchev–Trinajstić information content (AvgIpc) is 2.89. The molecule has 1 saturated carbocycles. The van der Waals surface area contributed by atoms with E-state index in [1.54, 1.807) is 6.33 Å². The SMILES string of the molecule is CC1CCC(CCNc2nc(Cl)nc3nc[nH]c23)CC1. The van der Waals surface area contributed by atoms with Gasteiger partial charge in [0.15, 0.2) is 11.5 Å². The highest BCUT2D eigenvalue weighted by molar-refractivity contribution is 6.28. The van der Waals surface area contributed by atoms with Crippen molar-refractivity contribution < 1.29 is 0 Å². The molecular weight excluding hydrogens is 274 g/mol. The van der Waals surface area contributed by atoms with Crippen molar-refractivity contribution in [2.24, 2.45) is 11.8 Å². The van der Waals surface area contributed by atoms with Crippen molar-refractivity contribution in [3.63, 3.8) is 0 Å². The number of nitrogens with one attached hydrogen (secondary N) is 2. The molecule has 0 amide bonds. The molecule has 20 heavy (non-hydrogen) atoms. The molecule has 1 fully saturated rings. The van der Waals surface area contributed by atoms with Crippen LogP contribution in [0.4, 0.5) is 5.82 Å². The summed E-state index contributed by atoms with van der Waals surface area (Å²) in [6, 6.07) is 0. The zero-order chi connectivity index (χ0) is 13.9. The van der Waals surface area contributed by atoms with E-state index in [-0.39, 0.29) is 5.28 Å². The molecule has 0 spiro atoms. The van der Waals surface area contributed by atoms with Crippen LogP contribution < -0.4 is 5.32 Å². The van der Waals surface area contributed by atoms with E-state index >= 15 is 0 Å². The fourth-order valence-electron chi connectivity index (χ4n) is 2.95. The van der Waals surface area contributed by atoms with Crippen LogP contribution in [-0.2, 0) is 0 Å². The van der Waals surface area contributed by atoms with E-state index in [1.807, 2.05) is 0 Å². The number of H-pyrrole nitrogens is 1. The predicted octanol–water partition coefficient (Wildman–Crippen LogP) is 3.63. The summed E-state index contributed by atoms with van der Waals surface area (Å²) in [4.78, 5) is 15.5. The fourth-order valence-corrected chi connectivity index (χ4v) is 3.11. The summed E-state index contributed by atoms with van der Waals surface area (Å²) in [5.74, 6) is 2.50. The molecule has 0 atom stereocenters. The molecule has 0 radical (unpaired) electrons. The van der Waals surface area contributed by atoms with Crippen molar-refractivity contribution in [3.8, 4) is 0 Å². The van der Waals surface area contributed by atoms with Crippen LogP contribution in [0, 0.1) is 11.8 Å². The second kappa shape index (κ2) is 5.95. The van der Waals surface area contributed by atoms with Crippen molar-refractivity contribution in [3.05, 3.63) is 11.6 Å². The number of hydrogen-bond donors (Lipinski definition) is 2. The van der Waals surface area contributed by atoms with Gasteiger partial charge in [-0.3, -0.25) is 0 Å². The lowest BCUT2D eigenvalue weighted by Crippen LogP contribution is -2.16. The lowest BCUT2D eigenvalue weighted by atomic mass is 9.81. The van der Waals surface area contributed by atoms with Gasteiger partial charge in [-0.25, -0.2) is 4.98 Å². The molecule has 0 aromatic carbocycles. The van der Waals surface area contributed by atoms with Crippen LogP contribution in [0.15, 0.2) is 6.33 Å². The highest BCUT2D eigenvalue weighted by Gasteiger charge is 2.18. The zero-order valence-corrected chi connectivity index (χ0v) is 12.5. The summed E-state index contributed by atoms with van der Waals surface area (Å²) in [6.07, 6.45) is 8.25.